The molecule has 0 aliphatic heterocycles. The molecule has 2 atom stereocenters. The predicted molar refractivity (Wildman–Crippen MR) is 65.8 cm³/mol. The first-order valence-electron chi connectivity index (χ1n) is 6.01. The molecule has 1 N–H and O–H groups in total. The number of hydrogen-bond acceptors (Lipinski definition) is 5. The molecular weight excluding hydrogens is 222 g/mol. The van der Waals surface area contributed by atoms with E-state index >= 15 is 0 Å². The third kappa shape index (κ3) is 6.61. The Bertz CT molecular complexity index is 211. The molecule has 0 aromatic rings. The van der Waals surface area contributed by atoms with E-state index in [0.717, 1.165) is 19.3 Å². The van der Waals surface area contributed by atoms with Gasteiger partial charge in [0.15, 0.2) is 0 Å². The van der Waals surface area contributed by atoms with E-state index in [1.54, 1.807) is 0 Å². The first kappa shape index (κ1) is 16.4. The Hall–Kier alpha value is -0.650. The molecule has 0 saturated carbocycles. The van der Waals surface area contributed by atoms with Crippen molar-refractivity contribution in [1.29, 1.82) is 0 Å². The summed E-state index contributed by atoms with van der Waals surface area (Å²) in [5, 5.41) is 9.63. The lowest BCUT2D eigenvalue weighted by molar-refractivity contribution is -0.147. The van der Waals surface area contributed by atoms with Gasteiger partial charge in [-0.05, 0) is 13.5 Å². The fourth-order valence-corrected chi connectivity index (χ4v) is 1.76. The molecule has 0 spiro atoms. The summed E-state index contributed by atoms with van der Waals surface area (Å²) in [5.41, 5.74) is 0. The van der Waals surface area contributed by atoms with Gasteiger partial charge in [0.05, 0.1) is 19.8 Å². The Balaban J connectivity index is 4.30. The fourth-order valence-electron chi connectivity index (χ4n) is 1.76. The number of hydrogen-bond donors (Lipinski definition) is 1. The highest BCUT2D eigenvalue weighted by Crippen LogP contribution is 2.09. The lowest BCUT2D eigenvalue weighted by Gasteiger charge is -2.27. The molecule has 0 aliphatic rings. The minimum atomic E-state index is -0.584. The van der Waals surface area contributed by atoms with Crippen LogP contribution in [-0.2, 0) is 14.3 Å². The molecule has 0 amide bonds. The molecule has 0 aromatic carbocycles. The van der Waals surface area contributed by atoms with Gasteiger partial charge in [-0.25, -0.2) is 0 Å². The zero-order valence-electron chi connectivity index (χ0n) is 11.3. The molecule has 0 radical (unpaired) electrons. The molecule has 0 fully saturated rings. The van der Waals surface area contributed by atoms with Crippen molar-refractivity contribution in [1.82, 2.24) is 4.90 Å². The average molecular weight is 247 g/mol. The standard InChI is InChI=1S/C12H25NO4/c1-5-6-7-11(12(15)17-4)13(2)8-10(14)9-16-3/h10-11,14H,5-9H2,1-4H3. The van der Waals surface area contributed by atoms with Crippen molar-refractivity contribution in [2.75, 3.05) is 34.4 Å². The summed E-state index contributed by atoms with van der Waals surface area (Å²) in [5.74, 6) is -0.245. The van der Waals surface area contributed by atoms with Crippen LogP contribution in [0.2, 0.25) is 0 Å². The summed E-state index contributed by atoms with van der Waals surface area (Å²) in [7, 11) is 4.74. The Kier molecular flexibility index (Phi) is 9.03. The quantitative estimate of drug-likeness (QED) is 0.606. The number of aliphatic hydroxyl groups is 1. The van der Waals surface area contributed by atoms with Gasteiger partial charge in [-0.2, -0.15) is 0 Å². The zero-order chi connectivity index (χ0) is 13.3. The zero-order valence-corrected chi connectivity index (χ0v) is 11.3. The number of methoxy groups -OCH3 is 2. The van der Waals surface area contributed by atoms with Gasteiger partial charge in [-0.3, -0.25) is 9.69 Å². The third-order valence-corrected chi connectivity index (χ3v) is 2.69. The number of unbranched alkanes of at least 4 members (excludes halogenated alkanes) is 1. The van der Waals surface area contributed by atoms with E-state index in [0.29, 0.717) is 6.54 Å². The number of rotatable bonds is 9. The Labute approximate surface area is 104 Å². The van der Waals surface area contributed by atoms with Crippen LogP contribution in [0.1, 0.15) is 26.2 Å². The molecule has 0 aliphatic carbocycles. The molecule has 5 nitrogen and oxygen atoms in total. The van der Waals surface area contributed by atoms with E-state index in [9.17, 15) is 9.90 Å². The van der Waals surface area contributed by atoms with Crippen LogP contribution in [0.15, 0.2) is 0 Å². The second-order valence-electron chi connectivity index (χ2n) is 4.23. The van der Waals surface area contributed by atoms with Gasteiger partial charge in [0.25, 0.3) is 0 Å². The maximum atomic E-state index is 11.6. The molecule has 0 heterocycles. The van der Waals surface area contributed by atoms with Crippen LogP contribution in [0.5, 0.6) is 0 Å². The molecule has 0 aromatic heterocycles. The van der Waals surface area contributed by atoms with Gasteiger partial charge >= 0.3 is 5.97 Å². The third-order valence-electron chi connectivity index (χ3n) is 2.69. The summed E-state index contributed by atoms with van der Waals surface area (Å²) in [6, 6.07) is -0.286. The number of carbonyl (C=O) groups excluding carboxylic acids is 1. The number of aliphatic hydroxyl groups excluding tert-OH is 1. The van der Waals surface area contributed by atoms with E-state index < -0.39 is 6.10 Å². The summed E-state index contributed by atoms with van der Waals surface area (Å²) in [6.45, 7) is 2.75. The molecular formula is C12H25NO4. The van der Waals surface area contributed by atoms with Crippen molar-refractivity contribution in [3.63, 3.8) is 0 Å². The lowest BCUT2D eigenvalue weighted by Crippen LogP contribution is -2.44. The lowest BCUT2D eigenvalue weighted by atomic mass is 10.1. The largest absolute Gasteiger partial charge is 0.468 e. The van der Waals surface area contributed by atoms with Crippen molar-refractivity contribution in [2.45, 2.75) is 38.3 Å². The summed E-state index contributed by atoms with van der Waals surface area (Å²) in [6.07, 6.45) is 2.16. The highest BCUT2D eigenvalue weighted by Gasteiger charge is 2.24. The predicted octanol–water partition coefficient (Wildman–Crippen LogP) is 0.657. The highest BCUT2D eigenvalue weighted by atomic mass is 16.5. The maximum Gasteiger partial charge on any atom is 0.323 e. The molecule has 0 rings (SSSR count). The number of carbonyl (C=O) groups is 1. The van der Waals surface area contributed by atoms with Crippen molar-refractivity contribution in [2.24, 2.45) is 0 Å². The first-order valence-corrected chi connectivity index (χ1v) is 6.01. The van der Waals surface area contributed by atoms with Crippen molar-refractivity contribution >= 4 is 5.97 Å². The molecule has 5 heteroatoms. The monoisotopic (exact) mass is 247 g/mol. The van der Waals surface area contributed by atoms with E-state index in [4.69, 9.17) is 9.47 Å². The minimum Gasteiger partial charge on any atom is -0.468 e. The van der Waals surface area contributed by atoms with Crippen molar-refractivity contribution in [3.8, 4) is 0 Å². The van der Waals surface area contributed by atoms with E-state index in [2.05, 4.69) is 6.92 Å². The van der Waals surface area contributed by atoms with Crippen LogP contribution in [0.25, 0.3) is 0 Å². The number of likely N-dealkylation sites (N-methyl/N-ethyl adjacent to an activating group) is 1. The van der Waals surface area contributed by atoms with Crippen LogP contribution in [-0.4, -0.2) is 62.5 Å². The highest BCUT2D eigenvalue weighted by molar-refractivity contribution is 5.75. The summed E-state index contributed by atoms with van der Waals surface area (Å²) >= 11 is 0. The molecule has 102 valence electrons. The fraction of sp³-hybridized carbons (Fsp3) is 0.917. The number of esters is 1. The Morgan fingerprint density at radius 1 is 1.41 bits per heavy atom. The van der Waals surface area contributed by atoms with Crippen molar-refractivity contribution < 1.29 is 19.4 Å². The van der Waals surface area contributed by atoms with Gasteiger partial charge in [-0.15, -0.1) is 0 Å². The average Bonchev–Trinajstić information content (AvgIpc) is 2.29. The van der Waals surface area contributed by atoms with E-state index in [1.165, 1.54) is 14.2 Å². The maximum absolute atomic E-state index is 11.6. The molecule has 0 bridgehead atoms. The van der Waals surface area contributed by atoms with E-state index in [-0.39, 0.29) is 18.6 Å². The second-order valence-corrected chi connectivity index (χ2v) is 4.23. The summed E-state index contributed by atoms with van der Waals surface area (Å²) < 4.78 is 9.64. The van der Waals surface area contributed by atoms with Crippen LogP contribution >= 0.6 is 0 Å². The van der Waals surface area contributed by atoms with Crippen molar-refractivity contribution in [3.05, 3.63) is 0 Å². The second kappa shape index (κ2) is 9.39. The van der Waals surface area contributed by atoms with Gasteiger partial charge < -0.3 is 14.6 Å². The van der Waals surface area contributed by atoms with Crippen LogP contribution in [0.3, 0.4) is 0 Å². The van der Waals surface area contributed by atoms with Crippen LogP contribution < -0.4 is 0 Å². The van der Waals surface area contributed by atoms with Crippen LogP contribution in [0, 0.1) is 0 Å². The topological polar surface area (TPSA) is 59.0 Å². The molecule has 0 saturated heterocycles. The summed E-state index contributed by atoms with van der Waals surface area (Å²) in [4.78, 5) is 13.4. The molecule has 2 unspecified atom stereocenters. The number of nitrogens with zero attached hydrogens (tertiary/aromatic N) is 1. The molecule has 17 heavy (non-hydrogen) atoms. The minimum absolute atomic E-state index is 0.245. The van der Waals surface area contributed by atoms with Gasteiger partial charge in [-0.1, -0.05) is 19.8 Å². The SMILES string of the molecule is CCCCC(C(=O)OC)N(C)CC(O)COC. The van der Waals surface area contributed by atoms with Gasteiger partial charge in [0.1, 0.15) is 6.04 Å². The number of ether oxygens (including phenoxy) is 2. The normalized spacial score (nSPS) is 14.7. The van der Waals surface area contributed by atoms with E-state index in [1.807, 2.05) is 11.9 Å². The smallest absolute Gasteiger partial charge is 0.323 e. The first-order chi connectivity index (χ1) is 8.06. The Morgan fingerprint density at radius 2 is 2.06 bits per heavy atom. The van der Waals surface area contributed by atoms with Gasteiger partial charge in [0.2, 0.25) is 0 Å². The van der Waals surface area contributed by atoms with Gasteiger partial charge in [0, 0.05) is 13.7 Å². The Morgan fingerprint density at radius 3 is 2.53 bits per heavy atom. The van der Waals surface area contributed by atoms with Crippen LogP contribution in [0.4, 0.5) is 0 Å².